The van der Waals surface area contributed by atoms with Crippen LogP contribution in [0.15, 0.2) is 48.5 Å². The van der Waals surface area contributed by atoms with E-state index < -0.39 is 10.0 Å². The smallest absolute Gasteiger partial charge is 0.232 e. The zero-order chi connectivity index (χ0) is 20.6. The van der Waals surface area contributed by atoms with Gasteiger partial charge >= 0.3 is 0 Å². The molecular formula is C20H25ClN2O4S. The number of nitrogens with one attached hydrogen (secondary N) is 1. The predicted molar refractivity (Wildman–Crippen MR) is 113 cm³/mol. The van der Waals surface area contributed by atoms with Crippen molar-refractivity contribution in [2.75, 3.05) is 30.3 Å². The topological polar surface area (TPSA) is 75.7 Å². The molecule has 0 aromatic heterocycles. The van der Waals surface area contributed by atoms with E-state index in [4.69, 9.17) is 16.3 Å². The van der Waals surface area contributed by atoms with E-state index in [1.807, 2.05) is 31.2 Å². The molecule has 1 N–H and O–H groups in total. The van der Waals surface area contributed by atoms with Crippen LogP contribution in [-0.4, -0.2) is 40.3 Å². The molecule has 0 atom stereocenters. The van der Waals surface area contributed by atoms with Gasteiger partial charge in [0.05, 0.1) is 18.5 Å². The number of nitrogens with zero attached hydrogens (tertiary/aromatic N) is 1. The lowest BCUT2D eigenvalue weighted by Crippen LogP contribution is -2.32. The van der Waals surface area contributed by atoms with Gasteiger partial charge in [0.2, 0.25) is 15.9 Å². The van der Waals surface area contributed by atoms with E-state index in [0.717, 1.165) is 17.6 Å². The Morgan fingerprint density at radius 2 is 1.89 bits per heavy atom. The molecule has 152 valence electrons. The standard InChI is InChI=1S/C20H25ClN2O4S/c1-16-8-10-19(11-9-16)27-14-12-22-20(24)7-4-13-23(28(2,25)26)18-6-3-5-17(21)15-18/h3,5-6,8-11,15H,4,7,12-14H2,1-2H3,(H,22,24). The monoisotopic (exact) mass is 424 g/mol. The number of carbonyl (C=O) groups excluding carboxylic acids is 1. The predicted octanol–water partition coefficient (Wildman–Crippen LogP) is 3.39. The van der Waals surface area contributed by atoms with E-state index in [9.17, 15) is 13.2 Å². The van der Waals surface area contributed by atoms with Crippen LogP contribution >= 0.6 is 11.6 Å². The van der Waals surface area contributed by atoms with E-state index >= 15 is 0 Å². The maximum absolute atomic E-state index is 12.1. The Bertz CT molecular complexity index is 885. The zero-order valence-corrected chi connectivity index (χ0v) is 17.6. The van der Waals surface area contributed by atoms with Gasteiger partial charge in [-0.25, -0.2) is 8.42 Å². The normalized spacial score (nSPS) is 11.1. The largest absolute Gasteiger partial charge is 0.492 e. The van der Waals surface area contributed by atoms with Crippen molar-refractivity contribution in [3.8, 4) is 5.75 Å². The lowest BCUT2D eigenvalue weighted by atomic mass is 10.2. The van der Waals surface area contributed by atoms with Crippen LogP contribution in [0.5, 0.6) is 5.75 Å². The van der Waals surface area contributed by atoms with Crippen molar-refractivity contribution >= 4 is 33.2 Å². The number of sulfonamides is 1. The average Bonchev–Trinajstić information content (AvgIpc) is 2.63. The molecule has 2 aromatic rings. The van der Waals surface area contributed by atoms with Gasteiger partial charge in [0.1, 0.15) is 12.4 Å². The summed E-state index contributed by atoms with van der Waals surface area (Å²) in [6.45, 7) is 2.96. The van der Waals surface area contributed by atoms with Crippen molar-refractivity contribution in [2.45, 2.75) is 19.8 Å². The van der Waals surface area contributed by atoms with Gasteiger partial charge in [-0.15, -0.1) is 0 Å². The van der Waals surface area contributed by atoms with Crippen molar-refractivity contribution in [1.29, 1.82) is 0 Å². The Morgan fingerprint density at radius 3 is 2.54 bits per heavy atom. The Morgan fingerprint density at radius 1 is 1.18 bits per heavy atom. The molecule has 0 heterocycles. The molecule has 0 aliphatic carbocycles. The van der Waals surface area contributed by atoms with Gasteiger partial charge < -0.3 is 10.1 Å². The molecule has 1 amide bonds. The second kappa shape index (κ2) is 10.3. The van der Waals surface area contributed by atoms with Crippen molar-refractivity contribution in [3.63, 3.8) is 0 Å². The highest BCUT2D eigenvalue weighted by atomic mass is 35.5. The van der Waals surface area contributed by atoms with E-state index in [2.05, 4.69) is 5.32 Å². The maximum atomic E-state index is 12.1. The summed E-state index contributed by atoms with van der Waals surface area (Å²) in [4.78, 5) is 12.0. The highest BCUT2D eigenvalue weighted by molar-refractivity contribution is 7.92. The molecule has 0 fully saturated rings. The highest BCUT2D eigenvalue weighted by Crippen LogP contribution is 2.22. The summed E-state index contributed by atoms with van der Waals surface area (Å²) < 4.78 is 30.9. The summed E-state index contributed by atoms with van der Waals surface area (Å²) in [5, 5.41) is 3.23. The van der Waals surface area contributed by atoms with Crippen LogP contribution in [0.3, 0.4) is 0 Å². The molecule has 0 aliphatic rings. The Balaban J connectivity index is 1.74. The average molecular weight is 425 g/mol. The Hall–Kier alpha value is -2.25. The minimum Gasteiger partial charge on any atom is -0.492 e. The van der Waals surface area contributed by atoms with Gasteiger partial charge in [0, 0.05) is 18.0 Å². The first kappa shape index (κ1) is 22.0. The van der Waals surface area contributed by atoms with Gasteiger partial charge in [-0.05, 0) is 43.7 Å². The Kier molecular flexibility index (Phi) is 8.14. The van der Waals surface area contributed by atoms with Crippen molar-refractivity contribution in [2.24, 2.45) is 0 Å². The SMILES string of the molecule is Cc1ccc(OCCNC(=O)CCCN(c2cccc(Cl)c2)S(C)(=O)=O)cc1. The molecule has 0 radical (unpaired) electrons. The third-order valence-electron chi connectivity index (χ3n) is 3.98. The number of hydrogen-bond acceptors (Lipinski definition) is 4. The lowest BCUT2D eigenvalue weighted by Gasteiger charge is -2.22. The van der Waals surface area contributed by atoms with Crippen LogP contribution in [0.4, 0.5) is 5.69 Å². The number of anilines is 1. The van der Waals surface area contributed by atoms with Gasteiger partial charge in [-0.2, -0.15) is 0 Å². The fourth-order valence-corrected chi connectivity index (χ4v) is 3.72. The molecule has 0 saturated carbocycles. The summed E-state index contributed by atoms with van der Waals surface area (Å²) in [5.41, 5.74) is 1.64. The first-order chi connectivity index (χ1) is 13.3. The molecule has 6 nitrogen and oxygen atoms in total. The molecule has 0 aliphatic heterocycles. The van der Waals surface area contributed by atoms with Crippen LogP contribution in [0.1, 0.15) is 18.4 Å². The van der Waals surface area contributed by atoms with Crippen molar-refractivity contribution in [1.82, 2.24) is 5.32 Å². The third-order valence-corrected chi connectivity index (χ3v) is 5.40. The van der Waals surface area contributed by atoms with Crippen LogP contribution < -0.4 is 14.4 Å². The summed E-state index contributed by atoms with van der Waals surface area (Å²) in [6.07, 6.45) is 1.75. The number of aryl methyl sites for hydroxylation is 1. The van der Waals surface area contributed by atoms with Gasteiger partial charge in [0.25, 0.3) is 0 Å². The summed E-state index contributed by atoms with van der Waals surface area (Å²) in [6, 6.07) is 14.3. The first-order valence-corrected chi connectivity index (χ1v) is 11.2. The molecule has 0 spiro atoms. The summed E-state index contributed by atoms with van der Waals surface area (Å²) in [5.74, 6) is 0.609. The van der Waals surface area contributed by atoms with E-state index in [1.165, 1.54) is 4.31 Å². The summed E-state index contributed by atoms with van der Waals surface area (Å²) in [7, 11) is -3.46. The van der Waals surface area contributed by atoms with Crippen LogP contribution in [0.25, 0.3) is 0 Å². The molecule has 2 aromatic carbocycles. The molecule has 0 saturated heterocycles. The number of carbonyl (C=O) groups is 1. The highest BCUT2D eigenvalue weighted by Gasteiger charge is 2.17. The lowest BCUT2D eigenvalue weighted by molar-refractivity contribution is -0.121. The fourth-order valence-electron chi connectivity index (χ4n) is 2.58. The van der Waals surface area contributed by atoms with E-state index in [1.54, 1.807) is 24.3 Å². The van der Waals surface area contributed by atoms with Gasteiger partial charge in [-0.1, -0.05) is 35.4 Å². The second-order valence-corrected chi connectivity index (χ2v) is 8.77. The number of amides is 1. The van der Waals surface area contributed by atoms with Crippen LogP contribution in [0, 0.1) is 6.92 Å². The second-order valence-electron chi connectivity index (χ2n) is 6.43. The first-order valence-electron chi connectivity index (χ1n) is 8.95. The number of rotatable bonds is 10. The van der Waals surface area contributed by atoms with Crippen molar-refractivity contribution in [3.05, 3.63) is 59.1 Å². The maximum Gasteiger partial charge on any atom is 0.232 e. The molecule has 28 heavy (non-hydrogen) atoms. The molecule has 0 bridgehead atoms. The van der Waals surface area contributed by atoms with E-state index in [-0.39, 0.29) is 18.9 Å². The molecular weight excluding hydrogens is 400 g/mol. The third kappa shape index (κ3) is 7.40. The number of halogens is 1. The quantitative estimate of drug-likeness (QED) is 0.593. The van der Waals surface area contributed by atoms with Gasteiger partial charge in [-0.3, -0.25) is 9.10 Å². The molecule has 8 heteroatoms. The number of hydrogen-bond donors (Lipinski definition) is 1. The van der Waals surface area contributed by atoms with Crippen LogP contribution in [0.2, 0.25) is 5.02 Å². The number of benzene rings is 2. The molecule has 2 rings (SSSR count). The zero-order valence-electron chi connectivity index (χ0n) is 16.0. The number of ether oxygens (including phenoxy) is 1. The minimum absolute atomic E-state index is 0.146. The Labute approximate surface area is 171 Å². The van der Waals surface area contributed by atoms with Crippen molar-refractivity contribution < 1.29 is 17.9 Å². The molecule has 0 unspecified atom stereocenters. The van der Waals surface area contributed by atoms with E-state index in [0.29, 0.717) is 30.3 Å². The fraction of sp³-hybridized carbons (Fsp3) is 0.350. The summed E-state index contributed by atoms with van der Waals surface area (Å²) >= 11 is 5.95. The minimum atomic E-state index is -3.46. The van der Waals surface area contributed by atoms with Crippen LogP contribution in [-0.2, 0) is 14.8 Å². The van der Waals surface area contributed by atoms with Gasteiger partial charge in [0.15, 0.2) is 0 Å².